The second-order valence-corrected chi connectivity index (χ2v) is 23.0. The van der Waals surface area contributed by atoms with E-state index in [1.54, 1.807) is 0 Å². The largest absolute Gasteiger partial charge is 0.248 e. The fraction of sp³-hybridized carbons (Fsp3) is 0.259. The zero-order chi connectivity index (χ0) is 42.4. The molecule has 0 amide bonds. The summed E-state index contributed by atoms with van der Waals surface area (Å²) >= 11 is 7.50. The Morgan fingerprint density at radius 2 is 0.600 bits per heavy atom. The van der Waals surface area contributed by atoms with Crippen LogP contribution in [-0.2, 0) is 10.8 Å². The maximum Gasteiger partial charge on any atom is 0.0730 e. The summed E-state index contributed by atoms with van der Waals surface area (Å²) < 4.78 is 10.1. The number of hydrogen-bond acceptors (Lipinski definition) is 6. The molecule has 0 atom stereocenters. The molecular formula is C54H52N2S4. The number of nitrogens with zero attached hydrogens (tertiary/aromatic N) is 2. The first-order valence-corrected chi connectivity index (χ1v) is 24.1. The number of thiophene rings is 4. The van der Waals surface area contributed by atoms with Crippen LogP contribution in [0.15, 0.2) is 72.8 Å². The molecule has 2 aliphatic rings. The van der Waals surface area contributed by atoms with Gasteiger partial charge in [0.15, 0.2) is 0 Å². The molecule has 0 spiro atoms. The molecule has 2 aliphatic heterocycles. The van der Waals surface area contributed by atoms with Gasteiger partial charge in [0.25, 0.3) is 0 Å². The molecular weight excluding hydrogens is 805 g/mol. The van der Waals surface area contributed by atoms with Crippen molar-refractivity contribution in [1.29, 1.82) is 0 Å². The highest BCUT2D eigenvalue weighted by Crippen LogP contribution is 2.45. The number of aromatic nitrogens is 2. The van der Waals surface area contributed by atoms with Gasteiger partial charge in [-0.3, -0.25) is 0 Å². The predicted molar refractivity (Wildman–Crippen MR) is 271 cm³/mol. The monoisotopic (exact) mass is 856 g/mol. The molecule has 0 radical (unpaired) electrons. The zero-order valence-corrected chi connectivity index (χ0v) is 40.0. The molecule has 7 aromatic rings. The van der Waals surface area contributed by atoms with Crippen LogP contribution in [0, 0.1) is 41.5 Å². The normalized spacial score (nSPS) is 12.9. The maximum absolute atomic E-state index is 5.60. The molecule has 12 bridgehead atoms. The topological polar surface area (TPSA) is 25.8 Å². The number of fused-ring (bicyclic) bond motifs is 14. The van der Waals surface area contributed by atoms with E-state index in [1.807, 2.05) is 45.3 Å². The molecule has 0 aliphatic carbocycles. The molecule has 0 N–H and O–H groups in total. The molecule has 7 heterocycles. The highest BCUT2D eigenvalue weighted by atomic mass is 32.1. The van der Waals surface area contributed by atoms with Crippen LogP contribution in [0.3, 0.4) is 0 Å². The molecule has 302 valence electrons. The molecule has 0 saturated carbocycles. The molecule has 5 aromatic heterocycles. The van der Waals surface area contributed by atoms with E-state index in [-0.39, 0.29) is 10.8 Å². The van der Waals surface area contributed by atoms with Gasteiger partial charge in [0.2, 0.25) is 0 Å². The Morgan fingerprint density at radius 1 is 0.333 bits per heavy atom. The fourth-order valence-electron chi connectivity index (χ4n) is 9.36. The van der Waals surface area contributed by atoms with Crippen LogP contribution in [-0.4, -0.2) is 9.97 Å². The second kappa shape index (κ2) is 15.0. The Morgan fingerprint density at radius 3 is 0.933 bits per heavy atom. The molecule has 6 heteroatoms. The van der Waals surface area contributed by atoms with Crippen LogP contribution in [0.25, 0.3) is 84.2 Å². The summed E-state index contributed by atoms with van der Waals surface area (Å²) in [5.41, 5.74) is 18.9. The van der Waals surface area contributed by atoms with Gasteiger partial charge in [-0.05, 0) is 159 Å². The zero-order valence-electron chi connectivity index (χ0n) is 36.8. The predicted octanol–water partition coefficient (Wildman–Crippen LogP) is 17.5. The summed E-state index contributed by atoms with van der Waals surface area (Å²) in [6.07, 6.45) is 9.02. The number of rotatable bonds is 2. The van der Waals surface area contributed by atoms with Gasteiger partial charge < -0.3 is 0 Å². The van der Waals surface area contributed by atoms with Crippen molar-refractivity contribution in [3.8, 4) is 22.3 Å². The van der Waals surface area contributed by atoms with E-state index in [4.69, 9.17) is 9.97 Å². The third-order valence-corrected chi connectivity index (χ3v) is 16.4. The first-order chi connectivity index (χ1) is 28.4. The minimum atomic E-state index is -0.130. The van der Waals surface area contributed by atoms with E-state index in [0.29, 0.717) is 0 Å². The smallest absolute Gasteiger partial charge is 0.0730 e. The van der Waals surface area contributed by atoms with Crippen LogP contribution in [0.1, 0.15) is 109 Å². The summed E-state index contributed by atoms with van der Waals surface area (Å²) in [7, 11) is 0. The Balaban J connectivity index is 1.51. The molecule has 60 heavy (non-hydrogen) atoms. The SMILES string of the molecule is Cc1cc(C)c(-c2c3nc(c(C(C)(C)C)c4ccc(s4)c4ccc(s4)c4ccc(s4)c(C(C)(C)C)c4nc(c(-c5c(C)cc(C)cc5C)c5ccc2s5)C=C4)C=C3)c(C)c1. The minimum Gasteiger partial charge on any atom is -0.248 e. The third-order valence-electron chi connectivity index (χ3n) is 11.6. The Kier molecular flexibility index (Phi) is 10.2. The standard InChI is InChI=1S/C54H52N2S4/c1-29-25-31(3)47(32(4)26-29)49-35-13-15-37(55-35)51(53(7,8)9)45-23-19-41(58-45)39-17-18-40(57-39)42-20-24-46(59-42)52(54(10,11)12)38-16-14-36(56-38)50(44-22-21-43(49)60-44)48-33(5)27-30(2)28-34(48)6/h13-28H,1-12H3. The van der Waals surface area contributed by atoms with Crippen molar-refractivity contribution in [2.24, 2.45) is 0 Å². The molecule has 2 nitrogen and oxygen atoms in total. The van der Waals surface area contributed by atoms with Gasteiger partial charge in [-0.25, -0.2) is 9.97 Å². The van der Waals surface area contributed by atoms with Gasteiger partial charge in [0, 0.05) is 59.9 Å². The average molecular weight is 857 g/mol. The van der Waals surface area contributed by atoms with E-state index >= 15 is 0 Å². The van der Waals surface area contributed by atoms with Crippen molar-refractivity contribution in [3.05, 3.63) is 140 Å². The van der Waals surface area contributed by atoms with Gasteiger partial charge >= 0.3 is 0 Å². The van der Waals surface area contributed by atoms with Gasteiger partial charge in [-0.2, -0.15) is 0 Å². The maximum atomic E-state index is 5.60. The van der Waals surface area contributed by atoms with Crippen LogP contribution in [0.4, 0.5) is 0 Å². The lowest BCUT2D eigenvalue weighted by Gasteiger charge is -2.20. The summed E-state index contributed by atoms with van der Waals surface area (Å²) in [6.45, 7) is 27.3. The van der Waals surface area contributed by atoms with Crippen molar-refractivity contribution < 1.29 is 0 Å². The summed E-state index contributed by atoms with van der Waals surface area (Å²) in [4.78, 5) is 11.2. The lowest BCUT2D eigenvalue weighted by atomic mass is 9.86. The van der Waals surface area contributed by atoms with E-state index in [0.717, 1.165) is 22.8 Å². The van der Waals surface area contributed by atoms with Gasteiger partial charge in [-0.15, -0.1) is 45.3 Å². The Bertz CT molecular complexity index is 2970. The summed E-state index contributed by atoms with van der Waals surface area (Å²) in [6, 6.07) is 27.8. The van der Waals surface area contributed by atoms with Crippen molar-refractivity contribution in [2.45, 2.75) is 93.9 Å². The van der Waals surface area contributed by atoms with Crippen LogP contribution >= 0.6 is 45.3 Å². The van der Waals surface area contributed by atoms with E-state index in [1.165, 1.54) is 104 Å². The minimum absolute atomic E-state index is 0.130. The first-order valence-electron chi connectivity index (χ1n) is 20.8. The number of hydrogen-bond donors (Lipinski definition) is 0. The van der Waals surface area contributed by atoms with Gasteiger partial charge in [-0.1, -0.05) is 76.9 Å². The molecule has 9 rings (SSSR count). The molecule has 2 aromatic carbocycles. The van der Waals surface area contributed by atoms with E-state index in [9.17, 15) is 0 Å². The summed E-state index contributed by atoms with van der Waals surface area (Å²) in [5.74, 6) is 0. The Hall–Kier alpha value is -4.72. The van der Waals surface area contributed by atoms with Crippen LogP contribution < -0.4 is 0 Å². The van der Waals surface area contributed by atoms with Crippen LogP contribution in [0.2, 0.25) is 0 Å². The van der Waals surface area contributed by atoms with Crippen LogP contribution in [0.5, 0.6) is 0 Å². The molecule has 0 unspecified atom stereocenters. The van der Waals surface area contributed by atoms with Crippen molar-refractivity contribution in [3.63, 3.8) is 0 Å². The van der Waals surface area contributed by atoms with Gasteiger partial charge in [0.1, 0.15) is 0 Å². The second-order valence-electron chi connectivity index (χ2n) is 18.6. The van der Waals surface area contributed by atoms with E-state index < -0.39 is 0 Å². The first kappa shape index (κ1) is 40.7. The summed E-state index contributed by atoms with van der Waals surface area (Å²) in [5, 5.41) is 0. The Labute approximate surface area is 371 Å². The lowest BCUT2D eigenvalue weighted by molar-refractivity contribution is 0.593. The van der Waals surface area contributed by atoms with Crippen molar-refractivity contribution in [1.82, 2.24) is 9.97 Å². The van der Waals surface area contributed by atoms with Crippen molar-refractivity contribution in [2.75, 3.05) is 0 Å². The molecule has 0 fully saturated rings. The molecule has 0 saturated heterocycles. The number of benzene rings is 2. The highest BCUT2D eigenvalue weighted by molar-refractivity contribution is 7.33. The van der Waals surface area contributed by atoms with Gasteiger partial charge in [0.05, 0.1) is 22.8 Å². The highest BCUT2D eigenvalue weighted by Gasteiger charge is 2.26. The third kappa shape index (κ3) is 7.30. The average Bonchev–Trinajstić information content (AvgIpc) is 4.00. The lowest BCUT2D eigenvalue weighted by Crippen LogP contribution is -2.12. The fourth-order valence-corrected chi connectivity index (χ4v) is 14.2. The number of aryl methyl sites for hydroxylation is 6. The van der Waals surface area contributed by atoms with Crippen molar-refractivity contribution >= 4 is 107 Å². The quantitative estimate of drug-likeness (QED) is 0.173. The van der Waals surface area contributed by atoms with E-state index in [2.05, 4.69) is 180 Å².